The Balaban J connectivity index is 0.000000218. The number of aliphatic carboxylic acids is 1. The number of carboxylic acids is 1. The van der Waals surface area contributed by atoms with Crippen molar-refractivity contribution < 1.29 is 19.7 Å². The number of aliphatic hydroxyl groups is 1. The highest BCUT2D eigenvalue weighted by Gasteiger charge is 2.26. The van der Waals surface area contributed by atoms with Gasteiger partial charge in [0.15, 0.2) is 0 Å². The zero-order valence-corrected chi connectivity index (χ0v) is 13.0. The zero-order chi connectivity index (χ0) is 15.5. The summed E-state index contributed by atoms with van der Waals surface area (Å²) >= 11 is 3.24. The van der Waals surface area contributed by atoms with Gasteiger partial charge >= 0.3 is 5.97 Å². The first-order chi connectivity index (χ1) is 9.85. The fraction of sp³-hybridized carbons (Fsp3) is 0.188. The molecule has 1 unspecified atom stereocenters. The number of carbonyl (C=O) groups is 1. The molecule has 2 N–H and O–H groups in total. The summed E-state index contributed by atoms with van der Waals surface area (Å²) in [5, 5.41) is 21.0. The second-order valence-corrected chi connectivity index (χ2v) is 5.80. The minimum Gasteiger partial charge on any atom is -0.481 e. The van der Waals surface area contributed by atoms with Crippen molar-refractivity contribution in [3.63, 3.8) is 0 Å². The lowest BCUT2D eigenvalue weighted by molar-refractivity contribution is -0.161. The molecule has 0 aromatic heterocycles. The zero-order valence-electron chi connectivity index (χ0n) is 11.4. The molecule has 0 radical (unpaired) electrons. The lowest BCUT2D eigenvalue weighted by Gasteiger charge is -2.22. The summed E-state index contributed by atoms with van der Waals surface area (Å²) in [6.45, 7) is 1.31. The molecule has 3 rings (SSSR count). The molecule has 110 valence electrons. The van der Waals surface area contributed by atoms with Crippen molar-refractivity contribution in [1.29, 1.82) is 0 Å². The molecule has 21 heavy (non-hydrogen) atoms. The molecule has 2 aliphatic rings. The highest BCUT2D eigenvalue weighted by Crippen LogP contribution is 2.22. The van der Waals surface area contributed by atoms with Gasteiger partial charge in [-0.25, -0.2) is 0 Å². The Hall–Kier alpha value is -1.85. The Morgan fingerprint density at radius 3 is 2.14 bits per heavy atom. The van der Waals surface area contributed by atoms with Crippen LogP contribution < -0.4 is 4.74 Å². The van der Waals surface area contributed by atoms with E-state index in [0.717, 1.165) is 4.47 Å². The van der Waals surface area contributed by atoms with Crippen molar-refractivity contribution >= 4 is 21.9 Å². The lowest BCUT2D eigenvalue weighted by atomic mass is 10.1. The van der Waals surface area contributed by atoms with Crippen LogP contribution in [0.2, 0.25) is 0 Å². The first-order valence-electron chi connectivity index (χ1n) is 6.35. The monoisotopic (exact) mass is 350 g/mol. The molecule has 1 atom stereocenters. The first-order valence-corrected chi connectivity index (χ1v) is 7.14. The smallest absolute Gasteiger partial charge is 0.310 e. The number of halogens is 1. The quantitative estimate of drug-likeness (QED) is 0.708. The molecule has 0 fully saturated rings. The van der Waals surface area contributed by atoms with E-state index in [9.17, 15) is 9.90 Å². The Morgan fingerprint density at radius 1 is 1.19 bits per heavy atom. The number of hydrogen-bond acceptors (Lipinski definition) is 3. The van der Waals surface area contributed by atoms with E-state index in [1.54, 1.807) is 24.3 Å². The van der Waals surface area contributed by atoms with Crippen LogP contribution in [0.3, 0.4) is 0 Å². The van der Waals surface area contributed by atoms with Gasteiger partial charge in [-0.15, -0.1) is 0 Å². The van der Waals surface area contributed by atoms with Crippen LogP contribution in [0.1, 0.15) is 13.3 Å². The van der Waals surface area contributed by atoms with E-state index >= 15 is 0 Å². The van der Waals surface area contributed by atoms with Crippen LogP contribution in [-0.4, -0.2) is 22.0 Å². The topological polar surface area (TPSA) is 66.8 Å². The van der Waals surface area contributed by atoms with Crippen LogP contribution in [0.25, 0.3) is 0 Å². The molecule has 0 aliphatic heterocycles. The number of carboxylic acid groups (broad SMARTS) is 1. The molecule has 4 nitrogen and oxygen atoms in total. The molecule has 0 spiro atoms. The molecular weight excluding hydrogens is 336 g/mol. The Morgan fingerprint density at radius 2 is 1.76 bits per heavy atom. The Bertz CT molecular complexity index is 690. The number of benzene rings is 2. The molecule has 0 saturated carbocycles. The fourth-order valence-electron chi connectivity index (χ4n) is 1.76. The minimum atomic E-state index is -1.70. The van der Waals surface area contributed by atoms with Crippen molar-refractivity contribution in [2.24, 2.45) is 0 Å². The van der Waals surface area contributed by atoms with E-state index in [-0.39, 0.29) is 0 Å². The van der Waals surface area contributed by atoms with Crippen molar-refractivity contribution in [3.05, 3.63) is 63.4 Å². The van der Waals surface area contributed by atoms with E-state index in [0.29, 0.717) is 5.75 Å². The van der Waals surface area contributed by atoms with Gasteiger partial charge in [-0.3, -0.25) is 4.79 Å². The van der Waals surface area contributed by atoms with Crippen LogP contribution in [0.5, 0.6) is 5.75 Å². The van der Waals surface area contributed by atoms with Gasteiger partial charge in [-0.2, -0.15) is 0 Å². The van der Waals surface area contributed by atoms with E-state index < -0.39 is 18.2 Å². The third-order valence-electron chi connectivity index (χ3n) is 2.83. The average Bonchev–Trinajstić information content (AvgIpc) is 2.32. The van der Waals surface area contributed by atoms with Gasteiger partial charge in [0.05, 0.1) is 0 Å². The predicted molar refractivity (Wildman–Crippen MR) is 81.8 cm³/mol. The van der Waals surface area contributed by atoms with Gasteiger partial charge < -0.3 is 14.9 Å². The maximum absolute atomic E-state index is 10.4. The standard InChI is InChI=1S/C10H11BrO4.C6H4/c1-10(14,6-9(12)13)15-8-4-2-3-7(11)5-8;1-2-6-4-3-5(1)6/h2-5,14H,6H2,1H3,(H,12,13);1-4H. The minimum absolute atomic E-state index is 0.413. The van der Waals surface area contributed by atoms with E-state index in [1.165, 1.54) is 17.4 Å². The number of hydrogen-bond donors (Lipinski definition) is 2. The molecule has 1 aromatic rings. The Kier molecular flexibility index (Phi) is 4.65. The molecule has 5 heteroatoms. The van der Waals surface area contributed by atoms with Crippen molar-refractivity contribution in [1.82, 2.24) is 0 Å². The van der Waals surface area contributed by atoms with E-state index in [4.69, 9.17) is 9.84 Å². The van der Waals surface area contributed by atoms with E-state index in [2.05, 4.69) is 40.2 Å². The summed E-state index contributed by atoms with van der Waals surface area (Å²) in [6.07, 6.45) is -0.473. The fourth-order valence-corrected chi connectivity index (χ4v) is 2.14. The summed E-state index contributed by atoms with van der Waals surface area (Å²) in [7, 11) is 0. The van der Waals surface area contributed by atoms with Crippen molar-refractivity contribution in [2.45, 2.75) is 19.1 Å². The van der Waals surface area contributed by atoms with Gasteiger partial charge in [0.2, 0.25) is 5.79 Å². The number of rotatable bonds is 4. The highest BCUT2D eigenvalue weighted by molar-refractivity contribution is 9.10. The summed E-state index contributed by atoms with van der Waals surface area (Å²) in [5.41, 5.74) is 0. The van der Waals surface area contributed by atoms with Crippen LogP contribution in [0.4, 0.5) is 0 Å². The molecule has 0 saturated heterocycles. The van der Waals surface area contributed by atoms with Gasteiger partial charge in [-0.05, 0) is 28.6 Å². The lowest BCUT2D eigenvalue weighted by Crippen LogP contribution is -2.34. The average molecular weight is 351 g/mol. The predicted octanol–water partition coefficient (Wildman–Crippen LogP) is 3.30. The SMILES string of the molecule is CC(O)(CC(=O)O)Oc1cccc(Br)c1.c1cc2ccc1=2. The maximum atomic E-state index is 10.4. The molecule has 0 bridgehead atoms. The summed E-state index contributed by atoms with van der Waals surface area (Å²) in [4.78, 5) is 10.4. The first kappa shape index (κ1) is 15.5. The normalized spacial score (nSPS) is 13.5. The molecule has 2 aliphatic carbocycles. The second kappa shape index (κ2) is 6.28. The molecular formula is C16H15BrO4. The van der Waals surface area contributed by atoms with Gasteiger partial charge in [0.25, 0.3) is 0 Å². The summed E-state index contributed by atoms with van der Waals surface area (Å²) in [5.74, 6) is -2.40. The van der Waals surface area contributed by atoms with Crippen molar-refractivity contribution in [2.75, 3.05) is 0 Å². The van der Waals surface area contributed by atoms with Crippen LogP contribution in [-0.2, 0) is 4.79 Å². The van der Waals surface area contributed by atoms with E-state index in [1.807, 2.05) is 0 Å². The maximum Gasteiger partial charge on any atom is 0.310 e. The third kappa shape index (κ3) is 4.58. The third-order valence-corrected chi connectivity index (χ3v) is 3.32. The van der Waals surface area contributed by atoms with Crippen LogP contribution in [0.15, 0.2) is 53.0 Å². The van der Waals surface area contributed by atoms with Crippen LogP contribution >= 0.6 is 15.9 Å². The van der Waals surface area contributed by atoms with Crippen LogP contribution in [0, 0.1) is 10.4 Å². The molecule has 1 aromatic carbocycles. The van der Waals surface area contributed by atoms with Gasteiger partial charge in [0.1, 0.15) is 12.2 Å². The summed E-state index contributed by atoms with van der Waals surface area (Å²) < 4.78 is 5.94. The molecule has 0 amide bonds. The molecule has 0 heterocycles. The van der Waals surface area contributed by atoms with Gasteiger partial charge in [0, 0.05) is 11.4 Å². The highest BCUT2D eigenvalue weighted by atomic mass is 79.9. The van der Waals surface area contributed by atoms with Gasteiger partial charge in [-0.1, -0.05) is 46.3 Å². The Labute approximate surface area is 130 Å². The largest absolute Gasteiger partial charge is 0.481 e. The summed E-state index contributed by atoms with van der Waals surface area (Å²) in [6, 6.07) is 15.3. The van der Waals surface area contributed by atoms with Crippen molar-refractivity contribution in [3.8, 4) is 5.75 Å². The number of ether oxygens (including phenoxy) is 1. The second-order valence-electron chi connectivity index (χ2n) is 4.88.